The number of hydrogen-bond acceptors (Lipinski definition) is 5. The van der Waals surface area contributed by atoms with Crippen molar-refractivity contribution < 1.29 is 18.8 Å². The van der Waals surface area contributed by atoms with Crippen LogP contribution in [0.1, 0.15) is 47.3 Å². The SMILES string of the molecule is N=C(CC(=O)CCc1ccccc1)Cc1nc(NC(=O)[C@@H]2CC(=O)N(Cc3ccc(F)cc3)C2)[nH]c1Cc1ccccc1. The van der Waals surface area contributed by atoms with Crippen LogP contribution in [-0.2, 0) is 40.2 Å². The smallest absolute Gasteiger partial charge is 0.232 e. The van der Waals surface area contributed by atoms with E-state index in [1.54, 1.807) is 17.0 Å². The number of aromatic amines is 1. The minimum Gasteiger partial charge on any atom is -0.338 e. The van der Waals surface area contributed by atoms with Crippen molar-refractivity contribution in [2.45, 2.75) is 45.1 Å². The fourth-order valence-electron chi connectivity index (χ4n) is 5.25. The number of aromatic nitrogens is 2. The maximum atomic E-state index is 13.3. The quantitative estimate of drug-likeness (QED) is 0.187. The first-order chi connectivity index (χ1) is 20.8. The van der Waals surface area contributed by atoms with Gasteiger partial charge in [0.15, 0.2) is 0 Å². The summed E-state index contributed by atoms with van der Waals surface area (Å²) < 4.78 is 13.3. The Kier molecular flexibility index (Phi) is 9.51. The number of ketones is 1. The minimum absolute atomic E-state index is 0.00128. The number of H-pyrrole nitrogens is 1. The van der Waals surface area contributed by atoms with Crippen molar-refractivity contribution in [3.05, 3.63) is 119 Å². The van der Waals surface area contributed by atoms with Gasteiger partial charge in [0.2, 0.25) is 17.8 Å². The Balaban J connectivity index is 1.22. The van der Waals surface area contributed by atoms with Crippen molar-refractivity contribution in [2.24, 2.45) is 5.92 Å². The molecule has 0 aliphatic carbocycles. The average molecular weight is 580 g/mol. The maximum Gasteiger partial charge on any atom is 0.232 e. The molecule has 3 aromatic carbocycles. The van der Waals surface area contributed by atoms with E-state index >= 15 is 0 Å². The van der Waals surface area contributed by atoms with E-state index in [2.05, 4.69) is 15.3 Å². The molecule has 2 amide bonds. The highest BCUT2D eigenvalue weighted by Crippen LogP contribution is 2.23. The standard InChI is InChI=1S/C34H34FN5O3/c35-27-14-11-25(12-15-27)21-40-22-26(18-32(40)42)33(43)39-34-37-30(17-24-9-5-2-6-10-24)31(38-34)20-28(36)19-29(41)16-13-23-7-3-1-4-8-23/h1-12,14-15,26,36H,13,16-22H2,(H2,37,38,39,43)/t26-/m1/s1. The number of anilines is 1. The number of Topliss-reactive ketones (excluding diaryl/α,β-unsaturated/α-hetero) is 1. The van der Waals surface area contributed by atoms with E-state index < -0.39 is 5.92 Å². The number of nitrogens with zero attached hydrogens (tertiary/aromatic N) is 2. The third-order valence-electron chi connectivity index (χ3n) is 7.53. The molecule has 0 radical (unpaired) electrons. The van der Waals surface area contributed by atoms with Gasteiger partial charge in [0.1, 0.15) is 11.6 Å². The lowest BCUT2D eigenvalue weighted by Gasteiger charge is -2.16. The molecule has 1 aliphatic rings. The van der Waals surface area contributed by atoms with Crippen LogP contribution in [0.3, 0.4) is 0 Å². The molecule has 1 saturated heterocycles. The van der Waals surface area contributed by atoms with Crippen LogP contribution in [0.15, 0.2) is 84.9 Å². The number of halogens is 1. The van der Waals surface area contributed by atoms with Crippen LogP contribution in [0, 0.1) is 17.1 Å². The van der Waals surface area contributed by atoms with Crippen molar-refractivity contribution in [2.75, 3.05) is 11.9 Å². The molecular formula is C34H34FN5O3. The number of rotatable bonds is 13. The number of likely N-dealkylation sites (tertiary alicyclic amines) is 1. The molecule has 1 fully saturated rings. The number of amides is 2. The van der Waals surface area contributed by atoms with Crippen molar-refractivity contribution >= 4 is 29.3 Å². The normalized spacial score (nSPS) is 14.6. The van der Waals surface area contributed by atoms with Gasteiger partial charge >= 0.3 is 0 Å². The van der Waals surface area contributed by atoms with Gasteiger partial charge in [-0.25, -0.2) is 9.37 Å². The Morgan fingerprint density at radius 1 is 0.953 bits per heavy atom. The molecule has 0 spiro atoms. The third-order valence-corrected chi connectivity index (χ3v) is 7.53. The molecule has 220 valence electrons. The summed E-state index contributed by atoms with van der Waals surface area (Å²) in [6.07, 6.45) is 1.81. The van der Waals surface area contributed by atoms with Crippen LogP contribution in [-0.4, -0.2) is 44.7 Å². The zero-order chi connectivity index (χ0) is 30.2. The largest absolute Gasteiger partial charge is 0.338 e. The Morgan fingerprint density at radius 3 is 2.33 bits per heavy atom. The first-order valence-corrected chi connectivity index (χ1v) is 14.4. The van der Waals surface area contributed by atoms with E-state index in [4.69, 9.17) is 5.41 Å². The van der Waals surface area contributed by atoms with Gasteiger partial charge in [-0.1, -0.05) is 72.8 Å². The van der Waals surface area contributed by atoms with Crippen LogP contribution < -0.4 is 5.32 Å². The monoisotopic (exact) mass is 579 g/mol. The van der Waals surface area contributed by atoms with Crippen LogP contribution >= 0.6 is 0 Å². The first kappa shape index (κ1) is 29.6. The van der Waals surface area contributed by atoms with Gasteiger partial charge < -0.3 is 15.3 Å². The summed E-state index contributed by atoms with van der Waals surface area (Å²) in [5.41, 5.74) is 4.52. The predicted octanol–water partition coefficient (Wildman–Crippen LogP) is 5.28. The number of hydrogen-bond donors (Lipinski definition) is 3. The lowest BCUT2D eigenvalue weighted by atomic mass is 10.0. The molecule has 2 heterocycles. The van der Waals surface area contributed by atoms with Crippen LogP contribution in [0.2, 0.25) is 0 Å². The first-order valence-electron chi connectivity index (χ1n) is 14.4. The summed E-state index contributed by atoms with van der Waals surface area (Å²) in [5.74, 6) is -1.12. The predicted molar refractivity (Wildman–Crippen MR) is 162 cm³/mol. The maximum absolute atomic E-state index is 13.3. The zero-order valence-corrected chi connectivity index (χ0v) is 23.8. The molecule has 43 heavy (non-hydrogen) atoms. The number of carbonyl (C=O) groups is 3. The Hall–Kier alpha value is -4.92. The van der Waals surface area contributed by atoms with Gasteiger partial charge in [-0.2, -0.15) is 0 Å². The van der Waals surface area contributed by atoms with Crippen LogP contribution in [0.5, 0.6) is 0 Å². The van der Waals surface area contributed by atoms with Crippen LogP contribution in [0.4, 0.5) is 10.3 Å². The molecule has 3 N–H and O–H groups in total. The highest BCUT2D eigenvalue weighted by molar-refractivity contribution is 6.01. The molecule has 5 rings (SSSR count). The summed E-state index contributed by atoms with van der Waals surface area (Å²) in [7, 11) is 0. The lowest BCUT2D eigenvalue weighted by molar-refractivity contribution is -0.128. The molecule has 4 aromatic rings. The van der Waals surface area contributed by atoms with Crippen molar-refractivity contribution in [3.8, 4) is 0 Å². The number of aryl methyl sites for hydroxylation is 1. The van der Waals surface area contributed by atoms with E-state index in [9.17, 15) is 18.8 Å². The molecule has 1 atom stereocenters. The number of carbonyl (C=O) groups excluding carboxylic acids is 3. The fraction of sp³-hybridized carbons (Fsp3) is 0.265. The van der Waals surface area contributed by atoms with Gasteiger partial charge in [-0.05, 0) is 35.2 Å². The molecule has 1 aromatic heterocycles. The fourth-order valence-corrected chi connectivity index (χ4v) is 5.25. The third kappa shape index (κ3) is 8.31. The Labute approximate surface area is 249 Å². The molecular weight excluding hydrogens is 545 g/mol. The number of imidazole rings is 1. The average Bonchev–Trinajstić information content (AvgIpc) is 3.55. The van der Waals surface area contributed by atoms with Crippen molar-refractivity contribution in [1.29, 1.82) is 5.41 Å². The minimum atomic E-state index is -0.556. The second-order valence-corrected chi connectivity index (χ2v) is 10.9. The van der Waals surface area contributed by atoms with Gasteiger partial charge in [0.05, 0.1) is 11.6 Å². The van der Waals surface area contributed by atoms with Gasteiger partial charge in [-0.3, -0.25) is 19.7 Å². The summed E-state index contributed by atoms with van der Waals surface area (Å²) in [6.45, 7) is 0.559. The summed E-state index contributed by atoms with van der Waals surface area (Å²) in [4.78, 5) is 47.8. The second-order valence-electron chi connectivity index (χ2n) is 10.9. The van der Waals surface area contributed by atoms with Crippen molar-refractivity contribution in [3.63, 3.8) is 0 Å². The molecule has 8 nitrogen and oxygen atoms in total. The van der Waals surface area contributed by atoms with Crippen LogP contribution in [0.25, 0.3) is 0 Å². The van der Waals surface area contributed by atoms with Gasteiger partial charge in [-0.15, -0.1) is 0 Å². The highest BCUT2D eigenvalue weighted by atomic mass is 19.1. The van der Waals surface area contributed by atoms with E-state index in [0.717, 1.165) is 22.4 Å². The molecule has 9 heteroatoms. The highest BCUT2D eigenvalue weighted by Gasteiger charge is 2.34. The summed E-state index contributed by atoms with van der Waals surface area (Å²) in [6, 6.07) is 25.5. The van der Waals surface area contributed by atoms with E-state index in [0.29, 0.717) is 31.5 Å². The molecule has 1 aliphatic heterocycles. The number of benzene rings is 3. The zero-order valence-electron chi connectivity index (χ0n) is 23.8. The summed E-state index contributed by atoms with van der Waals surface area (Å²) >= 11 is 0. The van der Waals surface area contributed by atoms with E-state index in [-0.39, 0.29) is 60.9 Å². The molecule has 0 bridgehead atoms. The Bertz CT molecular complexity index is 1590. The lowest BCUT2D eigenvalue weighted by Crippen LogP contribution is -2.28. The summed E-state index contributed by atoms with van der Waals surface area (Å²) in [5, 5.41) is 11.3. The van der Waals surface area contributed by atoms with E-state index in [1.807, 2.05) is 60.7 Å². The molecule has 0 unspecified atom stereocenters. The van der Waals surface area contributed by atoms with Gasteiger partial charge in [0, 0.05) is 56.6 Å². The Morgan fingerprint density at radius 2 is 1.63 bits per heavy atom. The van der Waals surface area contributed by atoms with Crippen molar-refractivity contribution in [1.82, 2.24) is 14.9 Å². The second kappa shape index (κ2) is 13.8. The topological polar surface area (TPSA) is 119 Å². The molecule has 0 saturated carbocycles. The number of nitrogens with one attached hydrogen (secondary N) is 3. The van der Waals surface area contributed by atoms with E-state index in [1.165, 1.54) is 12.1 Å². The van der Waals surface area contributed by atoms with Gasteiger partial charge in [0.25, 0.3) is 0 Å².